The number of amides is 1. The van der Waals surface area contributed by atoms with E-state index >= 15 is 0 Å². The minimum Gasteiger partial charge on any atom is -0.495 e. The number of carbonyl (C=O) groups excluding carboxylic acids is 1. The summed E-state index contributed by atoms with van der Waals surface area (Å²) < 4.78 is 5.53. The van der Waals surface area contributed by atoms with Gasteiger partial charge in [-0.05, 0) is 43.5 Å². The summed E-state index contributed by atoms with van der Waals surface area (Å²) in [6.07, 6.45) is 3.22. The van der Waals surface area contributed by atoms with Gasteiger partial charge in [0.05, 0.1) is 18.4 Å². The number of ether oxygens (including phenoxy) is 1. The predicted molar refractivity (Wildman–Crippen MR) is 136 cm³/mol. The summed E-state index contributed by atoms with van der Waals surface area (Å²) in [6, 6.07) is 12.0. The average Bonchev–Trinajstić information content (AvgIpc) is 3.35. The number of methoxy groups -OCH3 is 1. The van der Waals surface area contributed by atoms with Crippen LogP contribution in [0, 0.1) is 0 Å². The summed E-state index contributed by atoms with van der Waals surface area (Å²) in [5, 5.41) is 5.35. The van der Waals surface area contributed by atoms with Gasteiger partial charge in [-0.1, -0.05) is 19.1 Å². The molecule has 1 aromatic heterocycles. The number of hydrogen-bond donors (Lipinski definition) is 2. The molecule has 2 N–H and O–H groups in total. The van der Waals surface area contributed by atoms with E-state index in [4.69, 9.17) is 9.72 Å². The highest BCUT2D eigenvalue weighted by Gasteiger charge is 2.23. The normalized spacial score (nSPS) is 16.3. The van der Waals surface area contributed by atoms with Crippen molar-refractivity contribution in [1.82, 2.24) is 15.4 Å². The second kappa shape index (κ2) is 12.0. The van der Waals surface area contributed by atoms with Gasteiger partial charge in [0.2, 0.25) is 0 Å². The number of para-hydroxylation sites is 2. The molecule has 180 valence electrons. The van der Waals surface area contributed by atoms with Gasteiger partial charge in [0.15, 0.2) is 0 Å². The number of pyridine rings is 1. The van der Waals surface area contributed by atoms with Crippen LogP contribution in [0.25, 0.3) is 0 Å². The average molecular weight is 475 g/mol. The molecule has 1 aromatic carbocycles. The van der Waals surface area contributed by atoms with Crippen LogP contribution in [0.3, 0.4) is 0 Å². The third-order valence-electron chi connectivity index (χ3n) is 6.06. The lowest BCUT2D eigenvalue weighted by Gasteiger charge is -2.37. The highest BCUT2D eigenvalue weighted by atomic mass is 35.5. The standard InChI is InChI=1S/C24H34N6O2.ClH/c1-3-12-25-23-19(24(31)27-30-13-6-7-14-30)10-11-22(26-23)29-17-15-28(16-18-29)20-8-4-5-9-21(20)32-2;/h4-5,8-11H,3,6-7,12-18H2,1-2H3,(H,25,26)(H,27,31);1H. The van der Waals surface area contributed by atoms with Gasteiger partial charge in [-0.3, -0.25) is 10.2 Å². The molecular formula is C24H35ClN6O2. The Balaban J connectivity index is 0.00000306. The maximum Gasteiger partial charge on any atom is 0.269 e. The van der Waals surface area contributed by atoms with E-state index in [1.54, 1.807) is 7.11 Å². The third-order valence-corrected chi connectivity index (χ3v) is 6.06. The van der Waals surface area contributed by atoms with Gasteiger partial charge in [-0.15, -0.1) is 12.4 Å². The molecule has 1 amide bonds. The van der Waals surface area contributed by atoms with E-state index in [9.17, 15) is 4.79 Å². The molecule has 2 aromatic rings. The number of nitrogens with one attached hydrogen (secondary N) is 2. The lowest BCUT2D eigenvalue weighted by molar-refractivity contribution is 0.0826. The van der Waals surface area contributed by atoms with Crippen molar-refractivity contribution in [2.24, 2.45) is 0 Å². The first-order valence-electron chi connectivity index (χ1n) is 11.6. The van der Waals surface area contributed by atoms with Crippen LogP contribution >= 0.6 is 12.4 Å². The molecule has 0 radical (unpaired) electrons. The largest absolute Gasteiger partial charge is 0.495 e. The van der Waals surface area contributed by atoms with Crippen LogP contribution in [-0.2, 0) is 0 Å². The Labute approximate surface area is 202 Å². The van der Waals surface area contributed by atoms with Crippen LogP contribution in [0.15, 0.2) is 36.4 Å². The first-order valence-corrected chi connectivity index (χ1v) is 11.6. The number of hydrogen-bond acceptors (Lipinski definition) is 7. The van der Waals surface area contributed by atoms with Crippen molar-refractivity contribution in [3.05, 3.63) is 42.0 Å². The van der Waals surface area contributed by atoms with Gasteiger partial charge in [0.25, 0.3) is 5.91 Å². The summed E-state index contributed by atoms with van der Waals surface area (Å²) in [5.41, 5.74) is 4.75. The lowest BCUT2D eigenvalue weighted by atomic mass is 10.2. The van der Waals surface area contributed by atoms with E-state index in [1.165, 1.54) is 0 Å². The monoisotopic (exact) mass is 474 g/mol. The van der Waals surface area contributed by atoms with Crippen molar-refractivity contribution in [1.29, 1.82) is 0 Å². The second-order valence-electron chi connectivity index (χ2n) is 8.27. The van der Waals surface area contributed by atoms with Crippen LogP contribution < -0.4 is 25.3 Å². The maximum atomic E-state index is 12.9. The van der Waals surface area contributed by atoms with E-state index in [0.29, 0.717) is 11.4 Å². The van der Waals surface area contributed by atoms with E-state index in [2.05, 4.69) is 33.5 Å². The number of aromatic nitrogens is 1. The lowest BCUT2D eigenvalue weighted by Crippen LogP contribution is -2.47. The molecule has 8 nitrogen and oxygen atoms in total. The van der Waals surface area contributed by atoms with Crippen molar-refractivity contribution >= 4 is 35.6 Å². The fraction of sp³-hybridized carbons (Fsp3) is 0.500. The Morgan fingerprint density at radius 3 is 2.39 bits per heavy atom. The van der Waals surface area contributed by atoms with Crippen molar-refractivity contribution < 1.29 is 9.53 Å². The molecule has 0 bridgehead atoms. The molecular weight excluding hydrogens is 440 g/mol. The minimum atomic E-state index is -0.0921. The number of nitrogens with zero attached hydrogens (tertiary/aromatic N) is 4. The molecule has 2 aliphatic rings. The number of rotatable bonds is 8. The summed E-state index contributed by atoms with van der Waals surface area (Å²) in [7, 11) is 1.71. The van der Waals surface area contributed by atoms with Gasteiger partial charge >= 0.3 is 0 Å². The number of benzene rings is 1. The highest BCUT2D eigenvalue weighted by Crippen LogP contribution is 2.29. The fourth-order valence-corrected chi connectivity index (χ4v) is 4.29. The molecule has 4 rings (SSSR count). The SMILES string of the molecule is CCCNc1nc(N2CCN(c3ccccc3OC)CC2)ccc1C(=O)NN1CCCC1.Cl. The minimum absolute atomic E-state index is 0. The number of halogens is 1. The molecule has 2 saturated heterocycles. The van der Waals surface area contributed by atoms with E-state index in [1.807, 2.05) is 35.3 Å². The molecule has 9 heteroatoms. The first-order chi connectivity index (χ1) is 15.7. The van der Waals surface area contributed by atoms with Crippen molar-refractivity contribution in [3.8, 4) is 5.75 Å². The topological polar surface area (TPSA) is 73.0 Å². The van der Waals surface area contributed by atoms with Gasteiger partial charge < -0.3 is 19.9 Å². The second-order valence-corrected chi connectivity index (χ2v) is 8.27. The van der Waals surface area contributed by atoms with E-state index in [0.717, 1.165) is 82.3 Å². The summed E-state index contributed by atoms with van der Waals surface area (Å²) in [4.78, 5) is 22.4. The Morgan fingerprint density at radius 1 is 1.00 bits per heavy atom. The molecule has 0 unspecified atom stereocenters. The summed E-state index contributed by atoms with van der Waals surface area (Å²) in [5.74, 6) is 2.37. The highest BCUT2D eigenvalue weighted by molar-refractivity contribution is 5.98. The zero-order valence-electron chi connectivity index (χ0n) is 19.5. The molecule has 3 heterocycles. The van der Waals surface area contributed by atoms with Crippen LogP contribution in [0.1, 0.15) is 36.5 Å². The van der Waals surface area contributed by atoms with Gasteiger partial charge in [0, 0.05) is 45.8 Å². The zero-order chi connectivity index (χ0) is 22.3. The zero-order valence-corrected chi connectivity index (χ0v) is 20.4. The molecule has 0 aliphatic carbocycles. The third kappa shape index (κ3) is 6.00. The van der Waals surface area contributed by atoms with Crippen LogP contribution in [-0.4, -0.2) is 68.8 Å². The Hall–Kier alpha value is -2.71. The molecule has 2 aliphatic heterocycles. The predicted octanol–water partition coefficient (Wildman–Crippen LogP) is 3.40. The molecule has 33 heavy (non-hydrogen) atoms. The van der Waals surface area contributed by atoms with Crippen LogP contribution in [0.2, 0.25) is 0 Å². The number of anilines is 3. The van der Waals surface area contributed by atoms with E-state index in [-0.39, 0.29) is 18.3 Å². The molecule has 0 saturated carbocycles. The quantitative estimate of drug-likeness (QED) is 0.607. The Bertz CT molecular complexity index is 914. The maximum absolute atomic E-state index is 12.9. The van der Waals surface area contributed by atoms with Crippen molar-refractivity contribution in [2.75, 3.05) is 68.0 Å². The fourth-order valence-electron chi connectivity index (χ4n) is 4.29. The van der Waals surface area contributed by atoms with Crippen LogP contribution in [0.5, 0.6) is 5.75 Å². The smallest absolute Gasteiger partial charge is 0.269 e. The van der Waals surface area contributed by atoms with Crippen molar-refractivity contribution in [3.63, 3.8) is 0 Å². The first kappa shape index (κ1) is 24.9. The number of hydrazine groups is 1. The Morgan fingerprint density at radius 2 is 1.70 bits per heavy atom. The molecule has 0 atom stereocenters. The van der Waals surface area contributed by atoms with Gasteiger partial charge in [-0.2, -0.15) is 0 Å². The van der Waals surface area contributed by atoms with Gasteiger partial charge in [-0.25, -0.2) is 9.99 Å². The molecule has 0 spiro atoms. The summed E-state index contributed by atoms with van der Waals surface area (Å²) in [6.45, 7) is 8.19. The number of piperazine rings is 1. The van der Waals surface area contributed by atoms with E-state index < -0.39 is 0 Å². The van der Waals surface area contributed by atoms with Crippen LogP contribution in [0.4, 0.5) is 17.3 Å². The molecule has 2 fully saturated rings. The Kier molecular flexibility index (Phi) is 9.03. The number of carbonyl (C=O) groups is 1. The van der Waals surface area contributed by atoms with Gasteiger partial charge in [0.1, 0.15) is 17.4 Å². The van der Waals surface area contributed by atoms with Crippen molar-refractivity contribution in [2.45, 2.75) is 26.2 Å². The summed E-state index contributed by atoms with van der Waals surface area (Å²) >= 11 is 0.